The van der Waals surface area contributed by atoms with Gasteiger partial charge in [-0.15, -0.1) is 0 Å². The van der Waals surface area contributed by atoms with Crippen molar-refractivity contribution in [3.05, 3.63) is 41.7 Å². The van der Waals surface area contributed by atoms with Gasteiger partial charge in [0.05, 0.1) is 17.7 Å². The van der Waals surface area contributed by atoms with E-state index in [0.717, 1.165) is 18.4 Å². The van der Waals surface area contributed by atoms with E-state index in [9.17, 15) is 15.0 Å². The van der Waals surface area contributed by atoms with Gasteiger partial charge >= 0.3 is 5.97 Å². The van der Waals surface area contributed by atoms with Crippen LogP contribution in [0.4, 0.5) is 0 Å². The van der Waals surface area contributed by atoms with Gasteiger partial charge in [0.2, 0.25) is 0 Å². The average Bonchev–Trinajstić information content (AvgIpc) is 2.65. The van der Waals surface area contributed by atoms with Crippen molar-refractivity contribution in [3.8, 4) is 22.6 Å². The smallest absolute Gasteiger partial charge is 0.339 e. The Hall–Kier alpha value is -2.56. The Kier molecular flexibility index (Phi) is 7.44. The lowest BCUT2D eigenvalue weighted by Gasteiger charge is -2.26. The van der Waals surface area contributed by atoms with Crippen molar-refractivity contribution in [1.82, 2.24) is 4.98 Å². The minimum Gasteiger partial charge on any atom is -0.507 e. The molecule has 1 heterocycles. The molecular weight excluding hydrogens is 354 g/mol. The van der Waals surface area contributed by atoms with E-state index in [-0.39, 0.29) is 34.6 Å². The van der Waals surface area contributed by atoms with Crippen molar-refractivity contribution in [2.45, 2.75) is 65.2 Å². The third-order valence-electron chi connectivity index (χ3n) is 5.07. The molecule has 0 saturated heterocycles. The maximum atomic E-state index is 11.9. The third-order valence-corrected chi connectivity index (χ3v) is 5.07. The minimum absolute atomic E-state index is 0.0283. The summed E-state index contributed by atoms with van der Waals surface area (Å²) < 4.78 is 4.99. The Labute approximate surface area is 167 Å². The highest BCUT2D eigenvalue weighted by atomic mass is 16.5. The number of pyridine rings is 1. The number of rotatable bonds is 9. The number of aromatic hydroxyl groups is 2. The van der Waals surface area contributed by atoms with Gasteiger partial charge in [-0.05, 0) is 42.5 Å². The summed E-state index contributed by atoms with van der Waals surface area (Å²) in [6, 6.07) is 4.97. The second-order valence-electron chi connectivity index (χ2n) is 7.77. The summed E-state index contributed by atoms with van der Waals surface area (Å²) in [5.74, 6) is -0.542. The fraction of sp³-hybridized carbons (Fsp3) is 0.478. The van der Waals surface area contributed by atoms with Gasteiger partial charge in [-0.1, -0.05) is 46.5 Å². The molecule has 1 aromatic heterocycles. The van der Waals surface area contributed by atoms with Crippen molar-refractivity contribution in [2.24, 2.45) is 0 Å². The minimum atomic E-state index is -0.485. The number of carbonyl (C=O) groups is 1. The summed E-state index contributed by atoms with van der Waals surface area (Å²) in [7, 11) is 0. The molecule has 0 fully saturated rings. The molecule has 0 atom stereocenters. The van der Waals surface area contributed by atoms with Gasteiger partial charge in [0, 0.05) is 18.0 Å². The number of phenolic OH excluding ortho intramolecular Hbond substituents is 2. The molecule has 0 spiro atoms. The van der Waals surface area contributed by atoms with Crippen LogP contribution in [-0.2, 0) is 10.2 Å². The van der Waals surface area contributed by atoms with E-state index in [1.807, 2.05) is 0 Å². The first-order valence-electron chi connectivity index (χ1n) is 9.99. The first kappa shape index (κ1) is 21.7. The Bertz CT molecular complexity index is 791. The van der Waals surface area contributed by atoms with E-state index < -0.39 is 5.97 Å². The highest BCUT2D eigenvalue weighted by molar-refractivity contribution is 5.91. The van der Waals surface area contributed by atoms with Crippen LogP contribution < -0.4 is 0 Å². The zero-order valence-electron chi connectivity index (χ0n) is 17.3. The molecule has 0 aliphatic heterocycles. The Morgan fingerprint density at radius 1 is 1.04 bits per heavy atom. The molecule has 152 valence electrons. The standard InChI is InChI=1S/C23H31NO4/c1-5-7-8-9-10-23(3,4)18-12-19(25)21(20(26)13-18)16-11-17(15-24-14-16)22(27)28-6-2/h11-15,25-26H,5-10H2,1-4H3. The summed E-state index contributed by atoms with van der Waals surface area (Å²) in [6.07, 6.45) is 8.59. The van der Waals surface area contributed by atoms with Gasteiger partial charge in [-0.25, -0.2) is 4.79 Å². The molecular formula is C23H31NO4. The lowest BCUT2D eigenvalue weighted by molar-refractivity contribution is 0.0526. The van der Waals surface area contributed by atoms with Crippen LogP contribution in [0.5, 0.6) is 11.5 Å². The van der Waals surface area contributed by atoms with Gasteiger partial charge in [0.15, 0.2) is 0 Å². The number of benzene rings is 1. The molecule has 5 nitrogen and oxygen atoms in total. The largest absolute Gasteiger partial charge is 0.507 e. The van der Waals surface area contributed by atoms with Crippen LogP contribution in [-0.4, -0.2) is 27.8 Å². The van der Waals surface area contributed by atoms with Gasteiger partial charge in [0.25, 0.3) is 0 Å². The average molecular weight is 386 g/mol. The molecule has 2 rings (SSSR count). The normalized spacial score (nSPS) is 11.4. The zero-order valence-corrected chi connectivity index (χ0v) is 17.3. The van der Waals surface area contributed by atoms with Crippen LogP contribution in [0.2, 0.25) is 0 Å². The number of unbranched alkanes of at least 4 members (excludes halogenated alkanes) is 3. The van der Waals surface area contributed by atoms with Crippen molar-refractivity contribution >= 4 is 5.97 Å². The third kappa shape index (κ3) is 5.24. The summed E-state index contributed by atoms with van der Waals surface area (Å²) in [5.41, 5.74) is 1.74. The SMILES string of the molecule is CCCCCCC(C)(C)c1cc(O)c(-c2cncc(C(=O)OCC)c2)c(O)c1. The maximum Gasteiger partial charge on any atom is 0.339 e. The second kappa shape index (κ2) is 9.58. The Morgan fingerprint density at radius 3 is 2.32 bits per heavy atom. The van der Waals surface area contributed by atoms with Crippen molar-refractivity contribution < 1.29 is 19.7 Å². The molecule has 5 heteroatoms. The number of carbonyl (C=O) groups excluding carboxylic acids is 1. The van der Waals surface area contributed by atoms with E-state index in [2.05, 4.69) is 25.8 Å². The first-order valence-corrected chi connectivity index (χ1v) is 9.99. The summed E-state index contributed by atoms with van der Waals surface area (Å²) in [6.45, 7) is 8.43. The molecule has 0 saturated carbocycles. The van der Waals surface area contributed by atoms with E-state index in [1.165, 1.54) is 31.7 Å². The molecule has 28 heavy (non-hydrogen) atoms. The second-order valence-corrected chi connectivity index (χ2v) is 7.77. The Morgan fingerprint density at radius 2 is 1.71 bits per heavy atom. The van der Waals surface area contributed by atoms with Crippen molar-refractivity contribution in [1.29, 1.82) is 0 Å². The molecule has 0 amide bonds. The Balaban J connectivity index is 2.31. The molecule has 2 N–H and O–H groups in total. The maximum absolute atomic E-state index is 11.9. The van der Waals surface area contributed by atoms with E-state index in [1.54, 1.807) is 25.1 Å². The lowest BCUT2D eigenvalue weighted by Crippen LogP contribution is -2.17. The van der Waals surface area contributed by atoms with Crippen LogP contribution in [0.25, 0.3) is 11.1 Å². The number of esters is 1. The topological polar surface area (TPSA) is 79.7 Å². The number of nitrogens with zero attached hydrogens (tertiary/aromatic N) is 1. The number of phenols is 2. The van der Waals surface area contributed by atoms with Crippen LogP contribution in [0.1, 0.15) is 75.7 Å². The summed E-state index contributed by atoms with van der Waals surface area (Å²) in [4.78, 5) is 16.0. The molecule has 1 aromatic carbocycles. The molecule has 0 radical (unpaired) electrons. The first-order chi connectivity index (χ1) is 13.3. The molecule has 2 aromatic rings. The quantitative estimate of drug-likeness (QED) is 0.435. The molecule has 0 unspecified atom stereocenters. The van der Waals surface area contributed by atoms with Crippen molar-refractivity contribution in [3.63, 3.8) is 0 Å². The van der Waals surface area contributed by atoms with Crippen LogP contribution in [0.15, 0.2) is 30.6 Å². The fourth-order valence-electron chi connectivity index (χ4n) is 3.34. The summed E-state index contributed by atoms with van der Waals surface area (Å²) >= 11 is 0. The number of hydrogen-bond donors (Lipinski definition) is 2. The van der Waals surface area contributed by atoms with Crippen molar-refractivity contribution in [2.75, 3.05) is 6.61 Å². The summed E-state index contributed by atoms with van der Waals surface area (Å²) in [5, 5.41) is 21.3. The predicted octanol–water partition coefficient (Wildman–Crippen LogP) is 5.58. The lowest BCUT2D eigenvalue weighted by atomic mass is 9.79. The fourth-order valence-corrected chi connectivity index (χ4v) is 3.34. The highest BCUT2D eigenvalue weighted by Gasteiger charge is 2.24. The van der Waals surface area contributed by atoms with E-state index in [4.69, 9.17) is 4.74 Å². The van der Waals surface area contributed by atoms with Gasteiger partial charge in [-0.3, -0.25) is 4.98 Å². The van der Waals surface area contributed by atoms with E-state index >= 15 is 0 Å². The van der Waals surface area contributed by atoms with Gasteiger partial charge in [-0.2, -0.15) is 0 Å². The molecule has 0 aliphatic rings. The monoisotopic (exact) mass is 385 g/mol. The highest BCUT2D eigenvalue weighted by Crippen LogP contribution is 2.42. The van der Waals surface area contributed by atoms with Gasteiger partial charge < -0.3 is 14.9 Å². The van der Waals surface area contributed by atoms with Gasteiger partial charge in [0.1, 0.15) is 11.5 Å². The number of ether oxygens (including phenoxy) is 1. The van der Waals surface area contributed by atoms with Crippen LogP contribution >= 0.6 is 0 Å². The molecule has 0 aliphatic carbocycles. The van der Waals surface area contributed by atoms with Crippen LogP contribution in [0, 0.1) is 0 Å². The molecule has 0 bridgehead atoms. The zero-order chi connectivity index (χ0) is 20.7. The predicted molar refractivity (Wildman–Crippen MR) is 111 cm³/mol. The number of hydrogen-bond acceptors (Lipinski definition) is 5. The van der Waals surface area contributed by atoms with Crippen LogP contribution in [0.3, 0.4) is 0 Å². The number of aromatic nitrogens is 1. The van der Waals surface area contributed by atoms with E-state index in [0.29, 0.717) is 5.56 Å².